The van der Waals surface area contributed by atoms with E-state index in [4.69, 9.17) is 15.7 Å². The Morgan fingerprint density at radius 2 is 2.38 bits per heavy atom. The van der Waals surface area contributed by atoms with E-state index in [-0.39, 0.29) is 24.5 Å². The molecule has 0 unspecified atom stereocenters. The molecule has 4 N–H and O–H groups in total. The Morgan fingerprint density at radius 1 is 1.69 bits per heavy atom. The fourth-order valence-electron chi connectivity index (χ4n) is 1.07. The lowest BCUT2D eigenvalue weighted by Crippen LogP contribution is -2.24. The van der Waals surface area contributed by atoms with Gasteiger partial charge in [-0.1, -0.05) is 0 Å². The van der Waals surface area contributed by atoms with Gasteiger partial charge in [0.05, 0.1) is 6.61 Å². The summed E-state index contributed by atoms with van der Waals surface area (Å²) in [4.78, 5) is 22.1. The predicted octanol–water partition coefficient (Wildman–Crippen LogP) is -0.853. The SMILES string of the molecule is CCOC(=O)c1cn(CC(=O)NO)nc1N. The summed E-state index contributed by atoms with van der Waals surface area (Å²) in [7, 11) is 0. The summed E-state index contributed by atoms with van der Waals surface area (Å²) in [6.45, 7) is 1.65. The van der Waals surface area contributed by atoms with Crippen molar-refractivity contribution < 1.29 is 19.5 Å². The minimum Gasteiger partial charge on any atom is -0.462 e. The maximum absolute atomic E-state index is 11.3. The van der Waals surface area contributed by atoms with Gasteiger partial charge in [0.2, 0.25) is 0 Å². The number of aromatic nitrogens is 2. The van der Waals surface area contributed by atoms with Gasteiger partial charge in [-0.2, -0.15) is 5.10 Å². The number of rotatable bonds is 4. The van der Waals surface area contributed by atoms with Crippen LogP contribution in [0, 0.1) is 0 Å². The molecule has 1 aromatic rings. The molecule has 0 spiro atoms. The van der Waals surface area contributed by atoms with Crippen molar-refractivity contribution in [1.29, 1.82) is 0 Å². The third kappa shape index (κ3) is 2.70. The van der Waals surface area contributed by atoms with Crippen molar-refractivity contribution in [2.75, 3.05) is 12.3 Å². The molecule has 0 fully saturated rings. The average molecular weight is 228 g/mol. The summed E-state index contributed by atoms with van der Waals surface area (Å²) in [5.41, 5.74) is 6.99. The summed E-state index contributed by atoms with van der Waals surface area (Å²) >= 11 is 0. The standard InChI is InChI=1S/C8H12N4O4/c1-2-16-8(14)5-3-12(10-7(5)9)4-6(13)11-15/h3,15H,2,4H2,1H3,(H2,9,10)(H,11,13). The van der Waals surface area contributed by atoms with Gasteiger partial charge in [-0.25, -0.2) is 10.3 Å². The molecule has 0 saturated carbocycles. The molecule has 88 valence electrons. The Hall–Kier alpha value is -2.09. The maximum atomic E-state index is 11.3. The Bertz CT molecular complexity index is 401. The topological polar surface area (TPSA) is 119 Å². The highest BCUT2D eigenvalue weighted by Crippen LogP contribution is 2.10. The van der Waals surface area contributed by atoms with Gasteiger partial charge >= 0.3 is 5.97 Å². The zero-order chi connectivity index (χ0) is 12.1. The van der Waals surface area contributed by atoms with Crippen molar-refractivity contribution in [3.05, 3.63) is 11.8 Å². The number of hydroxylamine groups is 1. The highest BCUT2D eigenvalue weighted by Gasteiger charge is 2.16. The van der Waals surface area contributed by atoms with E-state index in [1.165, 1.54) is 11.7 Å². The van der Waals surface area contributed by atoms with Crippen LogP contribution < -0.4 is 11.2 Å². The maximum Gasteiger partial charge on any atom is 0.343 e. The molecule has 0 aliphatic heterocycles. The van der Waals surface area contributed by atoms with Gasteiger partial charge in [0, 0.05) is 6.20 Å². The molecular weight excluding hydrogens is 216 g/mol. The van der Waals surface area contributed by atoms with Crippen LogP contribution in [-0.4, -0.2) is 33.5 Å². The normalized spacial score (nSPS) is 9.88. The third-order valence-corrected chi connectivity index (χ3v) is 1.72. The van der Waals surface area contributed by atoms with E-state index in [0.29, 0.717) is 0 Å². The number of nitrogens with zero attached hydrogens (tertiary/aromatic N) is 2. The number of nitrogen functional groups attached to an aromatic ring is 1. The first kappa shape index (κ1) is 12.0. The molecule has 0 bridgehead atoms. The number of carbonyl (C=O) groups excluding carboxylic acids is 2. The van der Waals surface area contributed by atoms with E-state index >= 15 is 0 Å². The highest BCUT2D eigenvalue weighted by atomic mass is 16.5. The lowest BCUT2D eigenvalue weighted by Gasteiger charge is -1.98. The fourth-order valence-corrected chi connectivity index (χ4v) is 1.07. The molecule has 1 aromatic heterocycles. The molecule has 8 nitrogen and oxygen atoms in total. The lowest BCUT2D eigenvalue weighted by atomic mass is 10.3. The van der Waals surface area contributed by atoms with Gasteiger partial charge in [0.15, 0.2) is 5.82 Å². The summed E-state index contributed by atoms with van der Waals surface area (Å²) in [6, 6.07) is 0. The van der Waals surface area contributed by atoms with Crippen LogP contribution in [0.25, 0.3) is 0 Å². The van der Waals surface area contributed by atoms with Crippen molar-refractivity contribution in [3.8, 4) is 0 Å². The molecule has 0 aliphatic carbocycles. The quantitative estimate of drug-likeness (QED) is 0.350. The van der Waals surface area contributed by atoms with Gasteiger partial charge in [-0.3, -0.25) is 14.7 Å². The minimum absolute atomic E-state index is 0.0239. The van der Waals surface area contributed by atoms with Crippen LogP contribution in [-0.2, 0) is 16.1 Å². The van der Waals surface area contributed by atoms with E-state index in [9.17, 15) is 9.59 Å². The van der Waals surface area contributed by atoms with Gasteiger partial charge in [-0.15, -0.1) is 0 Å². The molecule has 8 heteroatoms. The number of hydrogen-bond donors (Lipinski definition) is 3. The Labute approximate surface area is 90.9 Å². The first-order chi connectivity index (χ1) is 7.58. The molecule has 16 heavy (non-hydrogen) atoms. The largest absolute Gasteiger partial charge is 0.462 e. The predicted molar refractivity (Wildman–Crippen MR) is 52.5 cm³/mol. The Kier molecular flexibility index (Phi) is 3.84. The fraction of sp³-hybridized carbons (Fsp3) is 0.375. The number of anilines is 1. The molecule has 0 radical (unpaired) electrons. The number of nitrogens with one attached hydrogen (secondary N) is 1. The second-order valence-electron chi connectivity index (χ2n) is 2.88. The lowest BCUT2D eigenvalue weighted by molar-refractivity contribution is -0.130. The van der Waals surface area contributed by atoms with Crippen LogP contribution in [0.15, 0.2) is 6.20 Å². The zero-order valence-corrected chi connectivity index (χ0v) is 8.64. The minimum atomic E-state index is -0.669. The smallest absolute Gasteiger partial charge is 0.343 e. The summed E-state index contributed by atoms with van der Waals surface area (Å²) in [5.74, 6) is -1.29. The highest BCUT2D eigenvalue weighted by molar-refractivity contribution is 5.94. The molecule has 0 saturated heterocycles. The second kappa shape index (κ2) is 5.12. The molecule has 1 heterocycles. The van der Waals surface area contributed by atoms with E-state index in [2.05, 4.69) is 5.10 Å². The van der Waals surface area contributed by atoms with Crippen LogP contribution >= 0.6 is 0 Å². The van der Waals surface area contributed by atoms with Gasteiger partial charge in [0.25, 0.3) is 5.91 Å². The van der Waals surface area contributed by atoms with Crippen LogP contribution in [0.3, 0.4) is 0 Å². The second-order valence-corrected chi connectivity index (χ2v) is 2.88. The molecule has 0 aromatic carbocycles. The number of esters is 1. The van der Waals surface area contributed by atoms with Crippen molar-refractivity contribution in [2.24, 2.45) is 0 Å². The van der Waals surface area contributed by atoms with Crippen molar-refractivity contribution in [1.82, 2.24) is 15.3 Å². The van der Waals surface area contributed by atoms with Crippen molar-refractivity contribution in [3.63, 3.8) is 0 Å². The van der Waals surface area contributed by atoms with Crippen molar-refractivity contribution in [2.45, 2.75) is 13.5 Å². The first-order valence-electron chi connectivity index (χ1n) is 4.51. The number of amides is 1. The van der Waals surface area contributed by atoms with Crippen LogP contribution in [0.2, 0.25) is 0 Å². The van der Waals surface area contributed by atoms with Gasteiger partial charge in [0.1, 0.15) is 12.1 Å². The van der Waals surface area contributed by atoms with Crippen LogP contribution in [0.1, 0.15) is 17.3 Å². The number of carbonyl (C=O) groups is 2. The Balaban J connectivity index is 2.81. The average Bonchev–Trinajstić information content (AvgIpc) is 2.59. The number of hydrogen-bond acceptors (Lipinski definition) is 6. The van der Waals surface area contributed by atoms with Crippen LogP contribution in [0.4, 0.5) is 5.82 Å². The Morgan fingerprint density at radius 3 is 2.94 bits per heavy atom. The molecule has 1 amide bonds. The summed E-state index contributed by atoms with van der Waals surface area (Å²) < 4.78 is 5.86. The van der Waals surface area contributed by atoms with Gasteiger partial charge < -0.3 is 10.5 Å². The summed E-state index contributed by atoms with van der Waals surface area (Å²) in [5, 5.41) is 12.0. The van der Waals surface area contributed by atoms with Crippen LogP contribution in [0.5, 0.6) is 0 Å². The monoisotopic (exact) mass is 228 g/mol. The van der Waals surface area contributed by atoms with E-state index in [0.717, 1.165) is 4.68 Å². The number of nitrogens with two attached hydrogens (primary N) is 1. The van der Waals surface area contributed by atoms with E-state index in [1.807, 2.05) is 0 Å². The third-order valence-electron chi connectivity index (χ3n) is 1.72. The zero-order valence-electron chi connectivity index (χ0n) is 8.64. The van der Waals surface area contributed by atoms with E-state index in [1.54, 1.807) is 6.92 Å². The summed E-state index contributed by atoms with van der Waals surface area (Å²) in [6.07, 6.45) is 1.28. The van der Waals surface area contributed by atoms with Gasteiger partial charge in [-0.05, 0) is 6.92 Å². The van der Waals surface area contributed by atoms with E-state index < -0.39 is 11.9 Å². The molecule has 1 rings (SSSR count). The van der Waals surface area contributed by atoms with Crippen molar-refractivity contribution >= 4 is 17.7 Å². The molecule has 0 atom stereocenters. The molecule has 0 aliphatic rings. The molecular formula is C8H12N4O4. The number of ether oxygens (including phenoxy) is 1. The first-order valence-corrected chi connectivity index (χ1v) is 4.51.